The van der Waals surface area contributed by atoms with Gasteiger partial charge in [0.05, 0.1) is 6.04 Å². The molecule has 0 aliphatic carbocycles. The molecule has 1 aromatic carbocycles. The van der Waals surface area contributed by atoms with E-state index >= 15 is 0 Å². The van der Waals surface area contributed by atoms with E-state index in [0.717, 1.165) is 23.5 Å². The lowest BCUT2D eigenvalue weighted by atomic mass is 10.1. The number of aromatic nitrogens is 2. The molecule has 2 aromatic rings. The van der Waals surface area contributed by atoms with Gasteiger partial charge in [0.15, 0.2) is 5.82 Å². The minimum absolute atomic E-state index is 0.0145. The van der Waals surface area contributed by atoms with Crippen LogP contribution >= 0.6 is 0 Å². The summed E-state index contributed by atoms with van der Waals surface area (Å²) in [5, 5.41) is 10.2. The lowest BCUT2D eigenvalue weighted by Gasteiger charge is -2.18. The molecule has 124 valence electrons. The molecule has 0 saturated carbocycles. The quantitative estimate of drug-likeness (QED) is 0.818. The largest absolute Gasteiger partial charge is 0.338 e. The predicted octanol–water partition coefficient (Wildman–Crippen LogP) is 3.39. The molecule has 2 N–H and O–H groups in total. The van der Waals surface area contributed by atoms with E-state index < -0.39 is 0 Å². The average molecular weight is 316 g/mol. The summed E-state index contributed by atoms with van der Waals surface area (Å²) in [6.07, 6.45) is 1.23. The summed E-state index contributed by atoms with van der Waals surface area (Å²) in [5.74, 6) is 1.33. The van der Waals surface area contributed by atoms with Crippen LogP contribution in [0.1, 0.15) is 63.5 Å². The van der Waals surface area contributed by atoms with Gasteiger partial charge in [-0.2, -0.15) is 4.98 Å². The van der Waals surface area contributed by atoms with Crippen LogP contribution in [0.5, 0.6) is 0 Å². The number of benzene rings is 1. The van der Waals surface area contributed by atoms with E-state index in [1.54, 1.807) is 0 Å². The molecule has 1 amide bonds. The predicted molar refractivity (Wildman–Crippen MR) is 89.0 cm³/mol. The van der Waals surface area contributed by atoms with Gasteiger partial charge in [-0.25, -0.2) is 0 Å². The summed E-state index contributed by atoms with van der Waals surface area (Å²) in [5.41, 5.74) is 1.94. The number of rotatable bonds is 7. The molecule has 0 aliphatic heterocycles. The summed E-state index contributed by atoms with van der Waals surface area (Å²) in [6, 6.07) is 7.92. The average Bonchev–Trinajstić information content (AvgIpc) is 3.04. The number of carbonyl (C=O) groups is 1. The number of aryl methyl sites for hydroxylation is 1. The van der Waals surface area contributed by atoms with Crippen LogP contribution in [-0.2, 0) is 11.2 Å². The molecule has 6 nitrogen and oxygen atoms in total. The van der Waals surface area contributed by atoms with Crippen molar-refractivity contribution in [3.8, 4) is 0 Å². The van der Waals surface area contributed by atoms with Crippen LogP contribution in [0.15, 0.2) is 28.8 Å². The fourth-order valence-electron chi connectivity index (χ4n) is 2.23. The number of hydrogen-bond donors (Lipinski definition) is 2. The van der Waals surface area contributed by atoms with Crippen molar-refractivity contribution < 1.29 is 9.32 Å². The maximum absolute atomic E-state index is 11.4. The van der Waals surface area contributed by atoms with Crippen molar-refractivity contribution in [1.29, 1.82) is 0 Å². The fraction of sp³-hybridized carbons (Fsp3) is 0.471. The third-order valence-corrected chi connectivity index (χ3v) is 3.69. The highest BCUT2D eigenvalue weighted by molar-refractivity contribution is 5.90. The Morgan fingerprint density at radius 3 is 2.43 bits per heavy atom. The number of hydrogen-bond acceptors (Lipinski definition) is 5. The normalized spacial score (nSPS) is 13.6. The topological polar surface area (TPSA) is 80.0 Å². The molecule has 2 atom stereocenters. The first-order chi connectivity index (χ1) is 11.0. The summed E-state index contributed by atoms with van der Waals surface area (Å²) in [7, 11) is 0. The van der Waals surface area contributed by atoms with Gasteiger partial charge in [0.2, 0.25) is 11.8 Å². The van der Waals surface area contributed by atoms with E-state index in [0.29, 0.717) is 12.3 Å². The van der Waals surface area contributed by atoms with Crippen molar-refractivity contribution in [2.75, 3.05) is 5.32 Å². The molecular formula is C17H24N4O2. The van der Waals surface area contributed by atoms with Crippen LogP contribution in [0.25, 0.3) is 0 Å². The lowest BCUT2D eigenvalue weighted by molar-refractivity contribution is -0.115. The second-order valence-corrected chi connectivity index (χ2v) is 5.54. The van der Waals surface area contributed by atoms with Crippen molar-refractivity contribution >= 4 is 11.6 Å². The number of amides is 1. The van der Waals surface area contributed by atoms with E-state index in [2.05, 4.69) is 27.7 Å². The van der Waals surface area contributed by atoms with E-state index in [1.165, 1.54) is 0 Å². The SMILES string of the molecule is CCC(=O)Nc1ccc([C@@H](C)N[C@H](C)c2nc(CC)no2)cc1. The maximum atomic E-state index is 11.4. The second kappa shape index (κ2) is 7.87. The fourth-order valence-corrected chi connectivity index (χ4v) is 2.23. The Bertz CT molecular complexity index is 636. The number of nitrogens with one attached hydrogen (secondary N) is 2. The van der Waals surface area contributed by atoms with Crippen LogP contribution in [0.4, 0.5) is 5.69 Å². The monoisotopic (exact) mass is 316 g/mol. The lowest BCUT2D eigenvalue weighted by Crippen LogP contribution is -2.22. The zero-order valence-electron chi connectivity index (χ0n) is 14.1. The highest BCUT2D eigenvalue weighted by Gasteiger charge is 2.16. The van der Waals surface area contributed by atoms with Gasteiger partial charge in [-0.05, 0) is 31.5 Å². The van der Waals surface area contributed by atoms with E-state index in [9.17, 15) is 4.79 Å². The van der Waals surface area contributed by atoms with E-state index in [-0.39, 0.29) is 18.0 Å². The molecule has 0 unspecified atom stereocenters. The molecule has 6 heteroatoms. The van der Waals surface area contributed by atoms with Crippen LogP contribution in [-0.4, -0.2) is 16.0 Å². The van der Waals surface area contributed by atoms with Crippen molar-refractivity contribution in [2.45, 2.75) is 52.6 Å². The Labute approximate surface area is 136 Å². The third-order valence-electron chi connectivity index (χ3n) is 3.69. The molecular weight excluding hydrogens is 292 g/mol. The highest BCUT2D eigenvalue weighted by atomic mass is 16.5. The van der Waals surface area contributed by atoms with Gasteiger partial charge in [0, 0.05) is 24.6 Å². The van der Waals surface area contributed by atoms with Crippen LogP contribution in [0.3, 0.4) is 0 Å². The van der Waals surface area contributed by atoms with Crippen molar-refractivity contribution in [2.24, 2.45) is 0 Å². The molecule has 0 saturated heterocycles. The molecule has 1 heterocycles. The first kappa shape index (κ1) is 17.1. The molecule has 2 rings (SSSR count). The summed E-state index contributed by atoms with van der Waals surface area (Å²) < 4.78 is 5.26. The standard InChI is InChI=1S/C17H24N4O2/c1-5-15-20-17(23-21-15)12(4)18-11(3)13-7-9-14(10-8-13)19-16(22)6-2/h7-12,18H,5-6H2,1-4H3,(H,19,22)/t11-,12-/m1/s1. The zero-order valence-corrected chi connectivity index (χ0v) is 14.1. The van der Waals surface area contributed by atoms with E-state index in [1.807, 2.05) is 45.0 Å². The number of nitrogens with zero attached hydrogens (tertiary/aromatic N) is 2. The Morgan fingerprint density at radius 2 is 1.87 bits per heavy atom. The zero-order chi connectivity index (χ0) is 16.8. The van der Waals surface area contributed by atoms with Gasteiger partial charge in [-0.1, -0.05) is 31.1 Å². The second-order valence-electron chi connectivity index (χ2n) is 5.54. The summed E-state index contributed by atoms with van der Waals surface area (Å²) in [4.78, 5) is 15.7. The number of carbonyl (C=O) groups excluding carboxylic acids is 1. The van der Waals surface area contributed by atoms with Gasteiger partial charge in [0.25, 0.3) is 0 Å². The highest BCUT2D eigenvalue weighted by Crippen LogP contribution is 2.20. The molecule has 0 aliphatic rings. The maximum Gasteiger partial charge on any atom is 0.243 e. The Kier molecular flexibility index (Phi) is 5.87. The number of anilines is 1. The molecule has 1 aromatic heterocycles. The van der Waals surface area contributed by atoms with Gasteiger partial charge in [-0.3, -0.25) is 10.1 Å². The first-order valence-corrected chi connectivity index (χ1v) is 8.01. The molecule has 0 fully saturated rings. The van der Waals surface area contributed by atoms with Gasteiger partial charge >= 0.3 is 0 Å². The van der Waals surface area contributed by atoms with Crippen molar-refractivity contribution in [3.05, 3.63) is 41.5 Å². The summed E-state index contributed by atoms with van der Waals surface area (Å²) in [6.45, 7) is 7.90. The van der Waals surface area contributed by atoms with Crippen LogP contribution in [0, 0.1) is 0 Å². The van der Waals surface area contributed by atoms with Crippen molar-refractivity contribution in [1.82, 2.24) is 15.5 Å². The van der Waals surface area contributed by atoms with Gasteiger partial charge in [-0.15, -0.1) is 0 Å². The molecule has 0 radical (unpaired) electrons. The van der Waals surface area contributed by atoms with Gasteiger partial charge in [0.1, 0.15) is 0 Å². The first-order valence-electron chi connectivity index (χ1n) is 8.01. The van der Waals surface area contributed by atoms with E-state index in [4.69, 9.17) is 4.52 Å². The molecule has 0 bridgehead atoms. The Balaban J connectivity index is 1.96. The van der Waals surface area contributed by atoms with Crippen LogP contribution < -0.4 is 10.6 Å². The third kappa shape index (κ3) is 4.63. The molecule has 0 spiro atoms. The smallest absolute Gasteiger partial charge is 0.243 e. The molecule has 23 heavy (non-hydrogen) atoms. The van der Waals surface area contributed by atoms with Crippen LogP contribution in [0.2, 0.25) is 0 Å². The minimum Gasteiger partial charge on any atom is -0.338 e. The van der Waals surface area contributed by atoms with Crippen molar-refractivity contribution in [3.63, 3.8) is 0 Å². The van der Waals surface area contributed by atoms with Gasteiger partial charge < -0.3 is 9.84 Å². The Morgan fingerprint density at radius 1 is 1.17 bits per heavy atom. The minimum atomic E-state index is -0.0303. The summed E-state index contributed by atoms with van der Waals surface area (Å²) >= 11 is 0. The Hall–Kier alpha value is -2.21.